The van der Waals surface area contributed by atoms with Crippen molar-refractivity contribution in [3.8, 4) is 0 Å². The van der Waals surface area contributed by atoms with Gasteiger partial charge in [-0.2, -0.15) is 0 Å². The molecule has 0 aromatic carbocycles. The fourth-order valence-corrected chi connectivity index (χ4v) is 6.98. The average Bonchev–Trinajstić information content (AvgIpc) is 2.65. The molecule has 0 spiro atoms. The number of aromatic nitrogens is 1. The van der Waals surface area contributed by atoms with Crippen LogP contribution in [-0.2, 0) is 26.2 Å². The quantitative estimate of drug-likeness (QED) is 0.578. The van der Waals surface area contributed by atoms with E-state index in [1.54, 1.807) is 0 Å². The first kappa shape index (κ1) is 18.6. The van der Waals surface area contributed by atoms with Crippen LogP contribution in [0.1, 0.15) is 71.1 Å². The molecule has 0 amide bonds. The van der Waals surface area contributed by atoms with Crippen molar-refractivity contribution >= 4 is 11.8 Å². The van der Waals surface area contributed by atoms with Gasteiger partial charge in [0.15, 0.2) is 0 Å². The molecule has 1 heterocycles. The number of esters is 1. The second-order valence-electron chi connectivity index (χ2n) is 9.46. The number of hydrogen-bond donors (Lipinski definition) is 0. The van der Waals surface area contributed by atoms with Gasteiger partial charge < -0.3 is 4.74 Å². The fraction of sp³-hybridized carbons (Fsp3) is 0.696. The first-order valence-electron chi connectivity index (χ1n) is 10.4. The molecule has 4 heteroatoms. The third-order valence-electron chi connectivity index (χ3n) is 8.31. The third-order valence-corrected chi connectivity index (χ3v) is 8.31. The standard InChI is InChI=1S/C23H31NO3/c1-5-27-20(26)23(4)17-10-12-22(3)16(21(17,2)13-11-18(23)25)9-8-15-7-6-14-24-19(15)22/h6-7,14,16-17H,5,8-13H2,1-4H3/t16-,17-,21-,22-,23-/m1/s1. The topological polar surface area (TPSA) is 56.3 Å². The van der Waals surface area contributed by atoms with Crippen LogP contribution in [0.15, 0.2) is 18.3 Å². The smallest absolute Gasteiger partial charge is 0.319 e. The van der Waals surface area contributed by atoms with Crippen molar-refractivity contribution in [3.63, 3.8) is 0 Å². The van der Waals surface area contributed by atoms with Crippen LogP contribution in [0.5, 0.6) is 0 Å². The van der Waals surface area contributed by atoms with Crippen LogP contribution in [-0.4, -0.2) is 23.3 Å². The number of rotatable bonds is 2. The van der Waals surface area contributed by atoms with Crippen molar-refractivity contribution in [2.75, 3.05) is 6.61 Å². The number of Topliss-reactive ketones (excluding diaryl/α,β-unsaturated/α-hetero) is 1. The van der Waals surface area contributed by atoms with Gasteiger partial charge >= 0.3 is 5.97 Å². The molecule has 0 saturated heterocycles. The molecule has 4 rings (SSSR count). The van der Waals surface area contributed by atoms with Crippen LogP contribution in [0.25, 0.3) is 0 Å². The molecule has 2 saturated carbocycles. The molecule has 1 aromatic heterocycles. The van der Waals surface area contributed by atoms with E-state index in [-0.39, 0.29) is 28.5 Å². The lowest BCUT2D eigenvalue weighted by molar-refractivity contribution is -0.181. The highest BCUT2D eigenvalue weighted by molar-refractivity contribution is 6.04. The number of ketones is 1. The third kappa shape index (κ3) is 2.37. The van der Waals surface area contributed by atoms with Crippen molar-refractivity contribution in [1.29, 1.82) is 0 Å². The lowest BCUT2D eigenvalue weighted by atomic mass is 9.40. The zero-order chi connectivity index (χ0) is 19.4. The molecule has 0 radical (unpaired) electrons. The lowest BCUT2D eigenvalue weighted by Gasteiger charge is -2.62. The zero-order valence-electron chi connectivity index (χ0n) is 17.0. The number of pyridine rings is 1. The SMILES string of the molecule is CCOC(=O)[C@@]1(C)C(=O)CC[C@]2(C)[C@H]3CCc4cccnc4[C@]3(C)CC[C@@H]12. The number of ether oxygens (including phenoxy) is 1. The first-order chi connectivity index (χ1) is 12.8. The molecule has 4 nitrogen and oxygen atoms in total. The van der Waals surface area contributed by atoms with E-state index >= 15 is 0 Å². The summed E-state index contributed by atoms with van der Waals surface area (Å²) < 4.78 is 5.39. The number of carbonyl (C=O) groups excluding carboxylic acids is 2. The van der Waals surface area contributed by atoms with E-state index < -0.39 is 5.41 Å². The summed E-state index contributed by atoms with van der Waals surface area (Å²) >= 11 is 0. The lowest BCUT2D eigenvalue weighted by Crippen LogP contribution is -2.62. The van der Waals surface area contributed by atoms with E-state index in [1.165, 1.54) is 11.3 Å². The summed E-state index contributed by atoms with van der Waals surface area (Å²) in [4.78, 5) is 30.7. The van der Waals surface area contributed by atoms with Gasteiger partial charge in [0.1, 0.15) is 11.2 Å². The Morgan fingerprint density at radius 3 is 2.70 bits per heavy atom. The monoisotopic (exact) mass is 369 g/mol. The Hall–Kier alpha value is -1.71. The molecular weight excluding hydrogens is 338 g/mol. The van der Waals surface area contributed by atoms with E-state index in [0.717, 1.165) is 32.1 Å². The number of hydrogen-bond acceptors (Lipinski definition) is 4. The van der Waals surface area contributed by atoms with Crippen LogP contribution in [0.3, 0.4) is 0 Å². The molecule has 146 valence electrons. The predicted octanol–water partition coefficient (Wildman–Crippen LogP) is 4.25. The van der Waals surface area contributed by atoms with Crippen LogP contribution in [0.2, 0.25) is 0 Å². The fourth-order valence-electron chi connectivity index (χ4n) is 6.98. The minimum Gasteiger partial charge on any atom is -0.465 e. The summed E-state index contributed by atoms with van der Waals surface area (Å²) in [7, 11) is 0. The summed E-state index contributed by atoms with van der Waals surface area (Å²) in [6, 6.07) is 4.25. The van der Waals surface area contributed by atoms with Crippen molar-refractivity contribution in [2.24, 2.45) is 22.7 Å². The Morgan fingerprint density at radius 1 is 1.19 bits per heavy atom. The molecular formula is C23H31NO3. The van der Waals surface area contributed by atoms with Gasteiger partial charge in [-0.15, -0.1) is 0 Å². The van der Waals surface area contributed by atoms with E-state index in [9.17, 15) is 9.59 Å². The summed E-state index contributed by atoms with van der Waals surface area (Å²) in [6.07, 6.45) is 7.25. The predicted molar refractivity (Wildman–Crippen MR) is 103 cm³/mol. The van der Waals surface area contributed by atoms with Crippen LogP contribution >= 0.6 is 0 Å². The number of nitrogens with zero attached hydrogens (tertiary/aromatic N) is 1. The van der Waals surface area contributed by atoms with E-state index in [4.69, 9.17) is 9.72 Å². The Bertz CT molecular complexity index is 790. The average molecular weight is 370 g/mol. The first-order valence-corrected chi connectivity index (χ1v) is 10.4. The van der Waals surface area contributed by atoms with Crippen molar-refractivity contribution in [3.05, 3.63) is 29.6 Å². The van der Waals surface area contributed by atoms with E-state index in [0.29, 0.717) is 18.9 Å². The largest absolute Gasteiger partial charge is 0.465 e. The van der Waals surface area contributed by atoms with E-state index in [2.05, 4.69) is 19.9 Å². The molecule has 0 unspecified atom stereocenters. The molecule has 0 bridgehead atoms. The van der Waals surface area contributed by atoms with Gasteiger partial charge in [-0.05, 0) is 74.8 Å². The minimum atomic E-state index is -1.01. The second kappa shape index (κ2) is 6.15. The Balaban J connectivity index is 1.78. The van der Waals surface area contributed by atoms with Gasteiger partial charge in [0, 0.05) is 23.7 Å². The summed E-state index contributed by atoms with van der Waals surface area (Å²) in [6.45, 7) is 8.69. The highest BCUT2D eigenvalue weighted by Gasteiger charge is 2.65. The maximum atomic E-state index is 13.0. The maximum absolute atomic E-state index is 13.0. The van der Waals surface area contributed by atoms with Gasteiger partial charge in [-0.1, -0.05) is 19.9 Å². The molecule has 1 aromatic rings. The minimum absolute atomic E-state index is 0.0239. The highest BCUT2D eigenvalue weighted by Crippen LogP contribution is 2.66. The Morgan fingerprint density at radius 2 is 1.96 bits per heavy atom. The van der Waals surface area contributed by atoms with Gasteiger partial charge in [0.05, 0.1) is 6.61 Å². The normalized spacial score (nSPS) is 40.5. The number of carbonyl (C=O) groups is 2. The molecule has 3 aliphatic rings. The van der Waals surface area contributed by atoms with E-state index in [1.807, 2.05) is 26.1 Å². The van der Waals surface area contributed by atoms with Crippen LogP contribution in [0, 0.1) is 22.7 Å². The summed E-state index contributed by atoms with van der Waals surface area (Å²) in [5.74, 6) is 0.242. The summed E-state index contributed by atoms with van der Waals surface area (Å²) in [5, 5.41) is 0. The van der Waals surface area contributed by atoms with Gasteiger partial charge in [0.2, 0.25) is 0 Å². The van der Waals surface area contributed by atoms with Gasteiger partial charge in [-0.25, -0.2) is 0 Å². The summed E-state index contributed by atoms with van der Waals surface area (Å²) in [5.41, 5.74) is 1.59. The molecule has 27 heavy (non-hydrogen) atoms. The van der Waals surface area contributed by atoms with Crippen LogP contribution in [0.4, 0.5) is 0 Å². The zero-order valence-corrected chi connectivity index (χ0v) is 17.0. The molecule has 5 atom stereocenters. The highest BCUT2D eigenvalue weighted by atomic mass is 16.5. The molecule has 2 fully saturated rings. The maximum Gasteiger partial charge on any atom is 0.319 e. The molecule has 0 aliphatic heterocycles. The van der Waals surface area contributed by atoms with Crippen molar-refractivity contribution < 1.29 is 14.3 Å². The van der Waals surface area contributed by atoms with Gasteiger partial charge in [0.25, 0.3) is 0 Å². The molecule has 3 aliphatic carbocycles. The van der Waals surface area contributed by atoms with Crippen LogP contribution < -0.4 is 0 Å². The Kier molecular flexibility index (Phi) is 4.25. The molecule has 0 N–H and O–H groups in total. The van der Waals surface area contributed by atoms with Gasteiger partial charge in [-0.3, -0.25) is 14.6 Å². The number of fused-ring (bicyclic) bond motifs is 5. The van der Waals surface area contributed by atoms with Crippen molar-refractivity contribution in [2.45, 2.75) is 71.6 Å². The Labute approximate surface area is 162 Å². The van der Waals surface area contributed by atoms with Crippen molar-refractivity contribution in [1.82, 2.24) is 4.98 Å². The number of aryl methyl sites for hydroxylation is 1. The second-order valence-corrected chi connectivity index (χ2v) is 9.46.